The predicted molar refractivity (Wildman–Crippen MR) is 103 cm³/mol. The molecule has 0 aliphatic rings. The average molecular weight is 364 g/mol. The highest BCUT2D eigenvalue weighted by Crippen LogP contribution is 2.20. The minimum Gasteiger partial charge on any atom is -0.355 e. The maximum absolute atomic E-state index is 13.2. The van der Waals surface area contributed by atoms with Gasteiger partial charge in [0.05, 0.1) is 0 Å². The van der Waals surface area contributed by atoms with Crippen LogP contribution in [0.15, 0.2) is 66.9 Å². The van der Waals surface area contributed by atoms with Gasteiger partial charge in [0, 0.05) is 35.9 Å². The van der Waals surface area contributed by atoms with E-state index >= 15 is 0 Å². The number of halogens is 1. The molecule has 0 unspecified atom stereocenters. The molecule has 6 nitrogen and oxygen atoms in total. The molecule has 0 saturated carbocycles. The predicted octanol–water partition coefficient (Wildman–Crippen LogP) is 4.18. The van der Waals surface area contributed by atoms with Crippen molar-refractivity contribution < 1.29 is 14.0 Å². The van der Waals surface area contributed by atoms with Gasteiger partial charge in [0.1, 0.15) is 11.5 Å². The third kappa shape index (κ3) is 5.12. The van der Waals surface area contributed by atoms with E-state index in [-0.39, 0.29) is 11.6 Å². The molecule has 0 saturated heterocycles. The van der Waals surface area contributed by atoms with Crippen molar-refractivity contribution >= 4 is 34.6 Å². The Kier molecular flexibility index (Phi) is 5.41. The molecule has 2 aromatic carbocycles. The van der Waals surface area contributed by atoms with Crippen LogP contribution in [0.5, 0.6) is 0 Å². The molecule has 3 rings (SSSR count). The molecule has 136 valence electrons. The summed E-state index contributed by atoms with van der Waals surface area (Å²) in [4.78, 5) is 27.4. The summed E-state index contributed by atoms with van der Waals surface area (Å²) in [5.74, 6) is -1.01. The summed E-state index contributed by atoms with van der Waals surface area (Å²) >= 11 is 0. The first-order valence-corrected chi connectivity index (χ1v) is 8.17. The van der Waals surface area contributed by atoms with E-state index in [4.69, 9.17) is 0 Å². The second-order valence-corrected chi connectivity index (χ2v) is 5.78. The van der Waals surface area contributed by atoms with Gasteiger partial charge in [-0.25, -0.2) is 4.39 Å². The number of carbonyl (C=O) groups is 2. The summed E-state index contributed by atoms with van der Waals surface area (Å²) in [6.45, 7) is 1.44. The number of anilines is 4. The molecule has 27 heavy (non-hydrogen) atoms. The van der Waals surface area contributed by atoms with Crippen molar-refractivity contribution in [1.29, 1.82) is 0 Å². The fraction of sp³-hybridized carbons (Fsp3) is 0.0500. The van der Waals surface area contributed by atoms with Gasteiger partial charge in [-0.3, -0.25) is 14.6 Å². The monoisotopic (exact) mass is 364 g/mol. The van der Waals surface area contributed by atoms with Crippen molar-refractivity contribution in [3.05, 3.63) is 78.4 Å². The second kappa shape index (κ2) is 8.09. The van der Waals surface area contributed by atoms with Gasteiger partial charge in [0.2, 0.25) is 5.91 Å². The molecule has 0 radical (unpaired) electrons. The minimum atomic E-state index is -0.440. The van der Waals surface area contributed by atoms with E-state index in [1.165, 1.54) is 31.3 Å². The Bertz CT molecular complexity index is 974. The van der Waals surface area contributed by atoms with Crippen molar-refractivity contribution in [3.63, 3.8) is 0 Å². The molecule has 0 spiro atoms. The lowest BCUT2D eigenvalue weighted by Gasteiger charge is -2.09. The van der Waals surface area contributed by atoms with Crippen LogP contribution in [-0.4, -0.2) is 16.8 Å². The van der Waals surface area contributed by atoms with Crippen LogP contribution in [0.3, 0.4) is 0 Å². The quantitative estimate of drug-likeness (QED) is 0.634. The lowest BCUT2D eigenvalue weighted by atomic mass is 10.2. The normalized spacial score (nSPS) is 10.1. The van der Waals surface area contributed by atoms with Gasteiger partial charge in [-0.2, -0.15) is 0 Å². The van der Waals surface area contributed by atoms with E-state index < -0.39 is 11.7 Å². The Morgan fingerprint density at radius 3 is 2.30 bits per heavy atom. The topological polar surface area (TPSA) is 83.1 Å². The number of amides is 2. The number of nitrogens with one attached hydrogen (secondary N) is 3. The van der Waals surface area contributed by atoms with E-state index in [9.17, 15) is 14.0 Å². The van der Waals surface area contributed by atoms with Crippen LogP contribution in [0.1, 0.15) is 17.4 Å². The molecule has 2 amide bonds. The molecule has 3 aromatic rings. The molecule has 0 atom stereocenters. The van der Waals surface area contributed by atoms with Crippen LogP contribution < -0.4 is 16.0 Å². The van der Waals surface area contributed by atoms with E-state index in [1.54, 1.807) is 42.5 Å². The van der Waals surface area contributed by atoms with Gasteiger partial charge in [0.15, 0.2) is 0 Å². The minimum absolute atomic E-state index is 0.140. The molecule has 0 aliphatic heterocycles. The van der Waals surface area contributed by atoms with Crippen molar-refractivity contribution in [2.45, 2.75) is 6.92 Å². The first-order chi connectivity index (χ1) is 13.0. The van der Waals surface area contributed by atoms with Gasteiger partial charge in [-0.15, -0.1) is 0 Å². The van der Waals surface area contributed by atoms with Gasteiger partial charge in [-0.1, -0.05) is 6.07 Å². The van der Waals surface area contributed by atoms with Crippen LogP contribution >= 0.6 is 0 Å². The first kappa shape index (κ1) is 18.1. The van der Waals surface area contributed by atoms with E-state index in [0.717, 1.165) is 5.69 Å². The Morgan fingerprint density at radius 1 is 0.852 bits per heavy atom. The number of pyridine rings is 1. The molecule has 1 aromatic heterocycles. The van der Waals surface area contributed by atoms with Gasteiger partial charge in [0.25, 0.3) is 5.91 Å². The number of benzene rings is 2. The maximum Gasteiger partial charge on any atom is 0.274 e. The second-order valence-electron chi connectivity index (χ2n) is 5.78. The van der Waals surface area contributed by atoms with Crippen LogP contribution in [0, 0.1) is 5.82 Å². The van der Waals surface area contributed by atoms with Crippen molar-refractivity contribution in [2.24, 2.45) is 0 Å². The van der Waals surface area contributed by atoms with E-state index in [1.807, 2.05) is 0 Å². The first-order valence-electron chi connectivity index (χ1n) is 8.17. The third-order valence-electron chi connectivity index (χ3n) is 3.57. The number of hydrogen-bond donors (Lipinski definition) is 3. The SMILES string of the molecule is CC(=O)Nc1ccc(Nc2ccnc(C(=O)Nc3cccc(F)c3)c2)cc1. The molecule has 0 bridgehead atoms. The summed E-state index contributed by atoms with van der Waals surface area (Å²) in [5.41, 5.74) is 2.69. The van der Waals surface area contributed by atoms with Crippen LogP contribution in [0.25, 0.3) is 0 Å². The Labute approximate surface area is 155 Å². The molecule has 3 N–H and O–H groups in total. The Hall–Kier alpha value is -3.74. The number of aromatic nitrogens is 1. The van der Waals surface area contributed by atoms with Crippen molar-refractivity contribution in [2.75, 3.05) is 16.0 Å². The summed E-state index contributed by atoms with van der Waals surface area (Å²) in [6, 6.07) is 16.1. The Morgan fingerprint density at radius 2 is 1.59 bits per heavy atom. The van der Waals surface area contributed by atoms with Crippen LogP contribution in [0.2, 0.25) is 0 Å². The molecular weight excluding hydrogens is 347 g/mol. The number of carbonyl (C=O) groups excluding carboxylic acids is 2. The number of nitrogens with zero attached hydrogens (tertiary/aromatic N) is 1. The summed E-state index contributed by atoms with van der Waals surface area (Å²) in [7, 11) is 0. The summed E-state index contributed by atoms with van der Waals surface area (Å²) in [5, 5.41) is 8.46. The van der Waals surface area contributed by atoms with Gasteiger partial charge < -0.3 is 16.0 Å². The maximum atomic E-state index is 13.2. The smallest absolute Gasteiger partial charge is 0.274 e. The summed E-state index contributed by atoms with van der Waals surface area (Å²) < 4.78 is 13.2. The molecule has 0 aliphatic carbocycles. The zero-order chi connectivity index (χ0) is 19.2. The molecular formula is C20H17FN4O2. The van der Waals surface area contributed by atoms with Crippen LogP contribution in [-0.2, 0) is 4.79 Å². The highest BCUT2D eigenvalue weighted by atomic mass is 19.1. The lowest BCUT2D eigenvalue weighted by Crippen LogP contribution is -2.13. The standard InChI is InChI=1S/C20H17FN4O2/c1-13(26)23-15-5-7-16(8-6-15)24-18-9-10-22-19(12-18)20(27)25-17-4-2-3-14(21)11-17/h2-12H,1H3,(H,22,24)(H,23,26)(H,25,27). The highest BCUT2D eigenvalue weighted by molar-refractivity contribution is 6.03. The zero-order valence-corrected chi connectivity index (χ0v) is 14.5. The fourth-order valence-corrected chi connectivity index (χ4v) is 2.40. The largest absolute Gasteiger partial charge is 0.355 e. The zero-order valence-electron chi connectivity index (χ0n) is 14.5. The van der Waals surface area contributed by atoms with Crippen molar-refractivity contribution in [3.8, 4) is 0 Å². The van der Waals surface area contributed by atoms with Crippen LogP contribution in [0.4, 0.5) is 27.1 Å². The van der Waals surface area contributed by atoms with E-state index in [0.29, 0.717) is 17.1 Å². The third-order valence-corrected chi connectivity index (χ3v) is 3.57. The lowest BCUT2D eigenvalue weighted by molar-refractivity contribution is -0.114. The number of hydrogen-bond acceptors (Lipinski definition) is 4. The average Bonchev–Trinajstić information content (AvgIpc) is 2.63. The van der Waals surface area contributed by atoms with Crippen molar-refractivity contribution in [1.82, 2.24) is 4.98 Å². The molecule has 1 heterocycles. The molecule has 7 heteroatoms. The van der Waals surface area contributed by atoms with E-state index in [2.05, 4.69) is 20.9 Å². The number of rotatable bonds is 5. The molecule has 0 fully saturated rings. The highest BCUT2D eigenvalue weighted by Gasteiger charge is 2.09. The Balaban J connectivity index is 1.69. The van der Waals surface area contributed by atoms with Gasteiger partial charge >= 0.3 is 0 Å². The van der Waals surface area contributed by atoms with Gasteiger partial charge in [-0.05, 0) is 54.6 Å². The summed E-state index contributed by atoms with van der Waals surface area (Å²) in [6.07, 6.45) is 1.51. The fourth-order valence-electron chi connectivity index (χ4n) is 2.40.